The van der Waals surface area contributed by atoms with Gasteiger partial charge in [0, 0.05) is 13.1 Å². The van der Waals surface area contributed by atoms with Gasteiger partial charge in [-0.05, 0) is 30.7 Å². The van der Waals surface area contributed by atoms with Crippen LogP contribution in [0.2, 0.25) is 5.28 Å². The molecule has 2 heterocycles. The van der Waals surface area contributed by atoms with E-state index in [2.05, 4.69) is 15.1 Å². The van der Waals surface area contributed by atoms with Crippen molar-refractivity contribution < 1.29 is 4.74 Å². The average molecular weight is 275 g/mol. The van der Waals surface area contributed by atoms with Crippen molar-refractivity contribution in [3.05, 3.63) is 41.3 Å². The molecule has 0 fully saturated rings. The summed E-state index contributed by atoms with van der Waals surface area (Å²) in [6.45, 7) is 1.90. The maximum atomic E-state index is 5.91. The summed E-state index contributed by atoms with van der Waals surface area (Å²) < 4.78 is 7.44. The van der Waals surface area contributed by atoms with Gasteiger partial charge in [-0.25, -0.2) is 9.67 Å². The zero-order valence-corrected chi connectivity index (χ0v) is 11.2. The van der Waals surface area contributed by atoms with Gasteiger partial charge in [0.15, 0.2) is 0 Å². The van der Waals surface area contributed by atoms with Crippen LogP contribution < -0.4 is 4.74 Å². The van der Waals surface area contributed by atoms with Gasteiger partial charge >= 0.3 is 0 Å². The molecule has 0 N–H and O–H groups in total. The van der Waals surface area contributed by atoms with Gasteiger partial charge < -0.3 is 4.74 Å². The number of nitrogens with zero attached hydrogens (tertiary/aromatic N) is 4. The van der Waals surface area contributed by atoms with Crippen molar-refractivity contribution in [1.82, 2.24) is 19.7 Å². The number of hydrogen-bond donors (Lipinski definition) is 0. The smallest absolute Gasteiger partial charge is 0.233 e. The van der Waals surface area contributed by atoms with Gasteiger partial charge in [0.1, 0.15) is 0 Å². The molecule has 3 rings (SSSR count). The lowest BCUT2D eigenvalue weighted by atomic mass is 10.2. The Morgan fingerprint density at radius 2 is 2.00 bits per heavy atom. The molecule has 0 spiro atoms. The Morgan fingerprint density at radius 3 is 2.74 bits per heavy atom. The maximum Gasteiger partial charge on any atom is 0.233 e. The number of benzene rings is 1. The van der Waals surface area contributed by atoms with Gasteiger partial charge in [0.25, 0.3) is 0 Å². The van der Waals surface area contributed by atoms with Gasteiger partial charge in [-0.1, -0.05) is 12.1 Å². The first-order valence-corrected chi connectivity index (χ1v) is 6.12. The monoisotopic (exact) mass is 274 g/mol. The lowest BCUT2D eigenvalue weighted by Crippen LogP contribution is -1.98. The third kappa shape index (κ3) is 2.24. The predicted molar refractivity (Wildman–Crippen MR) is 72.6 cm³/mol. The van der Waals surface area contributed by atoms with Crippen LogP contribution in [0.1, 0.15) is 5.69 Å². The first kappa shape index (κ1) is 11.9. The maximum absolute atomic E-state index is 5.91. The van der Waals surface area contributed by atoms with Crippen LogP contribution in [0.4, 0.5) is 0 Å². The van der Waals surface area contributed by atoms with Crippen molar-refractivity contribution in [2.24, 2.45) is 7.05 Å². The number of rotatable bonds is 2. The second-order valence-electron chi connectivity index (χ2n) is 4.16. The van der Waals surface area contributed by atoms with Gasteiger partial charge in [-0.2, -0.15) is 10.1 Å². The van der Waals surface area contributed by atoms with E-state index in [1.54, 1.807) is 4.68 Å². The molecule has 0 saturated carbocycles. The van der Waals surface area contributed by atoms with Crippen LogP contribution >= 0.6 is 11.6 Å². The molecule has 19 heavy (non-hydrogen) atoms. The number of halogens is 1. The van der Waals surface area contributed by atoms with Crippen LogP contribution in [-0.2, 0) is 7.05 Å². The highest BCUT2D eigenvalue weighted by atomic mass is 35.5. The van der Waals surface area contributed by atoms with E-state index in [9.17, 15) is 0 Å². The van der Waals surface area contributed by atoms with Crippen molar-refractivity contribution >= 4 is 22.5 Å². The number of ether oxygens (including phenoxy) is 1. The van der Waals surface area contributed by atoms with Crippen molar-refractivity contribution in [3.8, 4) is 11.8 Å². The second-order valence-corrected chi connectivity index (χ2v) is 4.50. The number of fused-ring (bicyclic) bond motifs is 1. The third-order valence-electron chi connectivity index (χ3n) is 2.70. The summed E-state index contributed by atoms with van der Waals surface area (Å²) in [7, 11) is 1.81. The molecule has 5 nitrogen and oxygen atoms in total. The molecule has 0 aliphatic heterocycles. The fraction of sp³-hybridized carbons (Fsp3) is 0.154. The zero-order chi connectivity index (χ0) is 13.4. The van der Waals surface area contributed by atoms with Crippen LogP contribution in [0.5, 0.6) is 11.8 Å². The van der Waals surface area contributed by atoms with E-state index in [1.807, 2.05) is 44.3 Å². The summed E-state index contributed by atoms with van der Waals surface area (Å²) in [5.41, 5.74) is 1.62. The highest BCUT2D eigenvalue weighted by Gasteiger charge is 2.11. The van der Waals surface area contributed by atoms with Crippen LogP contribution in [0.3, 0.4) is 0 Å². The van der Waals surface area contributed by atoms with Crippen molar-refractivity contribution in [1.29, 1.82) is 0 Å². The van der Waals surface area contributed by atoms with E-state index in [-0.39, 0.29) is 5.28 Å². The number of aromatic nitrogens is 4. The lowest BCUT2D eigenvalue weighted by molar-refractivity contribution is 0.420. The highest BCUT2D eigenvalue weighted by Crippen LogP contribution is 2.28. The van der Waals surface area contributed by atoms with Crippen LogP contribution in [-0.4, -0.2) is 19.7 Å². The van der Waals surface area contributed by atoms with E-state index >= 15 is 0 Å². The summed E-state index contributed by atoms with van der Waals surface area (Å²) in [5, 5.41) is 5.20. The lowest BCUT2D eigenvalue weighted by Gasteiger charge is -2.07. The summed E-state index contributed by atoms with van der Waals surface area (Å²) in [6.07, 6.45) is 0. The topological polar surface area (TPSA) is 52.8 Å². The molecule has 0 amide bonds. The molecule has 0 aliphatic rings. The number of aryl methyl sites for hydroxylation is 2. The molecular formula is C13H11ClN4O. The summed E-state index contributed by atoms with van der Waals surface area (Å²) in [5.74, 6) is 1.04. The highest BCUT2D eigenvalue weighted by molar-refractivity contribution is 6.28. The van der Waals surface area contributed by atoms with E-state index in [0.717, 1.165) is 16.6 Å². The summed E-state index contributed by atoms with van der Waals surface area (Å²) in [6, 6.07) is 9.39. The van der Waals surface area contributed by atoms with Gasteiger partial charge in [0.2, 0.25) is 17.0 Å². The Bertz CT molecular complexity index is 753. The van der Waals surface area contributed by atoms with Gasteiger partial charge in [-0.3, -0.25) is 0 Å². The Morgan fingerprint density at radius 1 is 1.21 bits per heavy atom. The minimum Gasteiger partial charge on any atom is -0.420 e. The molecule has 0 aliphatic carbocycles. The normalized spacial score (nSPS) is 10.9. The first-order valence-electron chi connectivity index (χ1n) is 5.74. The fourth-order valence-corrected chi connectivity index (χ4v) is 2.05. The first-order chi connectivity index (χ1) is 9.13. The van der Waals surface area contributed by atoms with E-state index in [0.29, 0.717) is 11.8 Å². The summed E-state index contributed by atoms with van der Waals surface area (Å²) >= 11 is 5.91. The molecule has 0 saturated heterocycles. The molecule has 0 radical (unpaired) electrons. The molecule has 0 bridgehead atoms. The minimum atomic E-state index is 0.160. The van der Waals surface area contributed by atoms with Crippen LogP contribution in [0, 0.1) is 6.92 Å². The zero-order valence-electron chi connectivity index (χ0n) is 10.5. The SMILES string of the molecule is Cc1cc(Oc2nc(Cl)nc3ccccc23)n(C)n1. The second kappa shape index (κ2) is 4.51. The van der Waals surface area contributed by atoms with Gasteiger partial charge in [0.05, 0.1) is 16.6 Å². The van der Waals surface area contributed by atoms with Crippen molar-refractivity contribution in [2.75, 3.05) is 0 Å². The third-order valence-corrected chi connectivity index (χ3v) is 2.87. The molecule has 2 aromatic heterocycles. The molecule has 6 heteroatoms. The largest absolute Gasteiger partial charge is 0.420 e. The van der Waals surface area contributed by atoms with E-state index in [4.69, 9.17) is 16.3 Å². The van der Waals surface area contributed by atoms with Crippen molar-refractivity contribution in [3.63, 3.8) is 0 Å². The Kier molecular flexibility index (Phi) is 2.83. The molecule has 0 unspecified atom stereocenters. The predicted octanol–water partition coefficient (Wildman–Crippen LogP) is 3.12. The Balaban J connectivity index is 2.12. The summed E-state index contributed by atoms with van der Waals surface area (Å²) in [4.78, 5) is 8.30. The average Bonchev–Trinajstić information content (AvgIpc) is 2.67. The van der Waals surface area contributed by atoms with Crippen LogP contribution in [0.15, 0.2) is 30.3 Å². The number of hydrogen-bond acceptors (Lipinski definition) is 4. The molecule has 3 aromatic rings. The molecular weight excluding hydrogens is 264 g/mol. The number of para-hydroxylation sites is 1. The van der Waals surface area contributed by atoms with Crippen LogP contribution in [0.25, 0.3) is 10.9 Å². The Labute approximate surface area is 114 Å². The molecule has 96 valence electrons. The Hall–Kier alpha value is -2.14. The standard InChI is InChI=1S/C13H11ClN4O/c1-8-7-11(18(2)17-8)19-12-9-5-3-4-6-10(9)15-13(14)16-12/h3-7H,1-2H3. The molecule has 1 aromatic carbocycles. The quantitative estimate of drug-likeness (QED) is 0.674. The van der Waals surface area contributed by atoms with Gasteiger partial charge in [-0.15, -0.1) is 0 Å². The van der Waals surface area contributed by atoms with E-state index in [1.165, 1.54) is 0 Å². The fourth-order valence-electron chi connectivity index (χ4n) is 1.88. The molecule has 0 atom stereocenters. The minimum absolute atomic E-state index is 0.160. The van der Waals surface area contributed by atoms with E-state index < -0.39 is 0 Å². The van der Waals surface area contributed by atoms with Crippen molar-refractivity contribution in [2.45, 2.75) is 6.92 Å².